The van der Waals surface area contributed by atoms with Gasteiger partial charge in [-0.05, 0) is 12.8 Å². The predicted molar refractivity (Wildman–Crippen MR) is 63.5 cm³/mol. The minimum atomic E-state index is 0.0202. The van der Waals surface area contributed by atoms with Crippen LogP contribution in [-0.2, 0) is 0 Å². The fraction of sp³-hybridized carbons (Fsp3) is 0.667. The van der Waals surface area contributed by atoms with E-state index in [9.17, 15) is 0 Å². The van der Waals surface area contributed by atoms with Crippen LogP contribution in [-0.4, -0.2) is 0 Å². The van der Waals surface area contributed by atoms with E-state index in [1.54, 1.807) is 0 Å². The van der Waals surface area contributed by atoms with Gasteiger partial charge in [-0.1, -0.05) is 41.2 Å². The molecule has 0 aliphatic carbocycles. The molecule has 0 atom stereocenters. The van der Waals surface area contributed by atoms with Crippen molar-refractivity contribution in [3.8, 4) is 0 Å². The van der Waals surface area contributed by atoms with Crippen molar-refractivity contribution in [1.82, 2.24) is 5.32 Å². The highest BCUT2D eigenvalue weighted by atomic mass is 14.9. The Balaban J connectivity index is 4.77. The molecular weight excluding hydrogens is 172 g/mol. The maximum atomic E-state index is 6.08. The second kappa shape index (κ2) is 5.08. The molecule has 14 heavy (non-hydrogen) atoms. The van der Waals surface area contributed by atoms with Crippen molar-refractivity contribution in [2.75, 3.05) is 0 Å². The summed E-state index contributed by atoms with van der Waals surface area (Å²) in [4.78, 5) is 0. The zero-order valence-electron chi connectivity index (χ0n) is 10.2. The average molecular weight is 196 g/mol. The SMILES string of the molecule is C=C(CC)N/C(CC)=C(\N)C(C)(C)C. The fourth-order valence-electron chi connectivity index (χ4n) is 1.10. The van der Waals surface area contributed by atoms with Crippen molar-refractivity contribution in [1.29, 1.82) is 0 Å². The van der Waals surface area contributed by atoms with Gasteiger partial charge < -0.3 is 11.1 Å². The van der Waals surface area contributed by atoms with Crippen LogP contribution in [0.15, 0.2) is 23.7 Å². The number of hydrogen-bond acceptors (Lipinski definition) is 2. The maximum Gasteiger partial charge on any atom is 0.0341 e. The molecule has 0 aromatic rings. The van der Waals surface area contributed by atoms with Gasteiger partial charge in [0.1, 0.15) is 0 Å². The van der Waals surface area contributed by atoms with Crippen LogP contribution in [0, 0.1) is 5.41 Å². The molecule has 0 heterocycles. The van der Waals surface area contributed by atoms with Crippen molar-refractivity contribution in [2.45, 2.75) is 47.5 Å². The van der Waals surface area contributed by atoms with Crippen LogP contribution in [0.25, 0.3) is 0 Å². The molecule has 0 saturated carbocycles. The minimum Gasteiger partial charge on any atom is -0.400 e. The van der Waals surface area contributed by atoms with E-state index in [0.29, 0.717) is 0 Å². The Bertz CT molecular complexity index is 231. The van der Waals surface area contributed by atoms with E-state index < -0.39 is 0 Å². The Hall–Kier alpha value is -0.920. The molecule has 0 unspecified atom stereocenters. The molecule has 0 spiro atoms. The monoisotopic (exact) mass is 196 g/mol. The minimum absolute atomic E-state index is 0.0202. The molecule has 82 valence electrons. The van der Waals surface area contributed by atoms with E-state index in [4.69, 9.17) is 5.73 Å². The molecule has 3 N–H and O–H groups in total. The van der Waals surface area contributed by atoms with Crippen molar-refractivity contribution in [3.05, 3.63) is 23.7 Å². The molecule has 2 heteroatoms. The van der Waals surface area contributed by atoms with Gasteiger partial charge in [-0.15, -0.1) is 0 Å². The molecule has 0 saturated heterocycles. The second-order valence-corrected chi connectivity index (χ2v) is 4.58. The summed E-state index contributed by atoms with van der Waals surface area (Å²) < 4.78 is 0. The molecule has 0 amide bonds. The normalized spacial score (nSPS) is 13.5. The van der Waals surface area contributed by atoms with Crippen LogP contribution in [0.3, 0.4) is 0 Å². The van der Waals surface area contributed by atoms with Crippen LogP contribution < -0.4 is 11.1 Å². The van der Waals surface area contributed by atoms with E-state index in [1.165, 1.54) is 0 Å². The number of rotatable bonds is 4. The summed E-state index contributed by atoms with van der Waals surface area (Å²) in [6.45, 7) is 14.5. The highest BCUT2D eigenvalue weighted by Crippen LogP contribution is 2.24. The largest absolute Gasteiger partial charge is 0.400 e. The van der Waals surface area contributed by atoms with Gasteiger partial charge in [0, 0.05) is 22.5 Å². The van der Waals surface area contributed by atoms with E-state index in [0.717, 1.165) is 29.9 Å². The summed E-state index contributed by atoms with van der Waals surface area (Å²) in [6, 6.07) is 0. The molecule has 0 rings (SSSR count). The van der Waals surface area contributed by atoms with E-state index in [-0.39, 0.29) is 5.41 Å². The summed E-state index contributed by atoms with van der Waals surface area (Å²) >= 11 is 0. The summed E-state index contributed by atoms with van der Waals surface area (Å²) in [5.74, 6) is 0. The fourth-order valence-corrected chi connectivity index (χ4v) is 1.10. The van der Waals surface area contributed by atoms with Crippen LogP contribution >= 0.6 is 0 Å². The number of allylic oxidation sites excluding steroid dienone is 3. The smallest absolute Gasteiger partial charge is 0.0341 e. The highest BCUT2D eigenvalue weighted by Gasteiger charge is 2.17. The third kappa shape index (κ3) is 3.86. The van der Waals surface area contributed by atoms with Crippen molar-refractivity contribution in [2.24, 2.45) is 11.1 Å². The summed E-state index contributed by atoms with van der Waals surface area (Å²) in [5.41, 5.74) is 9.15. The van der Waals surface area contributed by atoms with Crippen molar-refractivity contribution >= 4 is 0 Å². The molecule has 0 aliphatic heterocycles. The van der Waals surface area contributed by atoms with Gasteiger partial charge in [0.15, 0.2) is 0 Å². The van der Waals surface area contributed by atoms with Crippen LogP contribution in [0.2, 0.25) is 0 Å². The Morgan fingerprint density at radius 1 is 1.21 bits per heavy atom. The topological polar surface area (TPSA) is 38.0 Å². The van der Waals surface area contributed by atoms with Gasteiger partial charge in [0.05, 0.1) is 0 Å². The van der Waals surface area contributed by atoms with Gasteiger partial charge in [0.25, 0.3) is 0 Å². The number of nitrogens with two attached hydrogens (primary N) is 1. The Labute approximate surface area is 88.3 Å². The number of hydrogen-bond donors (Lipinski definition) is 2. The Morgan fingerprint density at radius 2 is 1.71 bits per heavy atom. The van der Waals surface area contributed by atoms with Crippen molar-refractivity contribution < 1.29 is 0 Å². The van der Waals surface area contributed by atoms with Gasteiger partial charge in [0.2, 0.25) is 0 Å². The quantitative estimate of drug-likeness (QED) is 0.725. The van der Waals surface area contributed by atoms with E-state index >= 15 is 0 Å². The predicted octanol–water partition coefficient (Wildman–Crippen LogP) is 3.13. The van der Waals surface area contributed by atoms with Gasteiger partial charge >= 0.3 is 0 Å². The molecule has 0 radical (unpaired) electrons. The zero-order chi connectivity index (χ0) is 11.4. The lowest BCUT2D eigenvalue weighted by Gasteiger charge is -2.24. The third-order valence-electron chi connectivity index (χ3n) is 2.24. The second-order valence-electron chi connectivity index (χ2n) is 4.58. The lowest BCUT2D eigenvalue weighted by molar-refractivity contribution is 0.484. The average Bonchev–Trinajstić information content (AvgIpc) is 2.11. The zero-order valence-corrected chi connectivity index (χ0v) is 10.2. The molecule has 0 fully saturated rings. The van der Waals surface area contributed by atoms with Crippen LogP contribution in [0.5, 0.6) is 0 Å². The summed E-state index contributed by atoms with van der Waals surface area (Å²) in [6.07, 6.45) is 1.85. The Kier molecular flexibility index (Phi) is 4.75. The lowest BCUT2D eigenvalue weighted by Crippen LogP contribution is -2.25. The summed E-state index contributed by atoms with van der Waals surface area (Å²) in [7, 11) is 0. The van der Waals surface area contributed by atoms with Crippen LogP contribution in [0.4, 0.5) is 0 Å². The van der Waals surface area contributed by atoms with Gasteiger partial charge in [-0.2, -0.15) is 0 Å². The first-order valence-electron chi connectivity index (χ1n) is 5.26. The maximum absolute atomic E-state index is 6.08. The first-order valence-corrected chi connectivity index (χ1v) is 5.26. The molecular formula is C12H24N2. The van der Waals surface area contributed by atoms with Gasteiger partial charge in [-0.3, -0.25) is 0 Å². The van der Waals surface area contributed by atoms with E-state index in [1.807, 2.05) is 0 Å². The Morgan fingerprint density at radius 3 is 2.00 bits per heavy atom. The molecule has 0 aromatic carbocycles. The molecule has 0 bridgehead atoms. The molecule has 0 aromatic heterocycles. The first kappa shape index (κ1) is 13.1. The third-order valence-corrected chi connectivity index (χ3v) is 2.24. The van der Waals surface area contributed by atoms with Crippen molar-refractivity contribution in [3.63, 3.8) is 0 Å². The lowest BCUT2D eigenvalue weighted by atomic mass is 9.90. The molecule has 2 nitrogen and oxygen atoms in total. The van der Waals surface area contributed by atoms with Crippen LogP contribution in [0.1, 0.15) is 47.5 Å². The summed E-state index contributed by atoms with van der Waals surface area (Å²) in [5, 5.41) is 3.28. The van der Waals surface area contributed by atoms with E-state index in [2.05, 4.69) is 46.5 Å². The first-order chi connectivity index (χ1) is 6.32. The molecule has 0 aliphatic rings. The standard InChI is InChI=1S/C12H24N2/c1-7-9(3)14-10(8-2)11(13)12(4,5)6/h14H,3,7-8,13H2,1-2,4-6H3/b11-10-. The van der Waals surface area contributed by atoms with Gasteiger partial charge in [-0.25, -0.2) is 0 Å². The highest BCUT2D eigenvalue weighted by molar-refractivity contribution is 5.18. The number of nitrogens with one attached hydrogen (secondary N) is 1.